The Labute approximate surface area is 148 Å². The van der Waals surface area contributed by atoms with E-state index in [4.69, 9.17) is 4.74 Å². The van der Waals surface area contributed by atoms with E-state index < -0.39 is 5.60 Å². The minimum absolute atomic E-state index is 0.0535. The van der Waals surface area contributed by atoms with Crippen LogP contribution in [0.1, 0.15) is 25.0 Å². The molecule has 126 valence electrons. The molecule has 0 bridgehead atoms. The predicted octanol–water partition coefficient (Wildman–Crippen LogP) is 4.73. The second-order valence-electron chi connectivity index (χ2n) is 6.41. The van der Waals surface area contributed by atoms with Gasteiger partial charge >= 0.3 is 6.09 Å². The number of cyclic esters (lactones) is 1. The van der Waals surface area contributed by atoms with Crippen molar-refractivity contribution in [1.82, 2.24) is 4.90 Å². The van der Waals surface area contributed by atoms with Gasteiger partial charge < -0.3 is 4.74 Å². The van der Waals surface area contributed by atoms with E-state index in [9.17, 15) is 4.79 Å². The van der Waals surface area contributed by atoms with Crippen molar-refractivity contribution in [2.75, 3.05) is 12.1 Å². The first kappa shape index (κ1) is 16.9. The number of thioether (sulfide) groups is 1. The van der Waals surface area contributed by atoms with Gasteiger partial charge in [-0.2, -0.15) is 0 Å². The molecular weight excluding hydrogens is 318 g/mol. The van der Waals surface area contributed by atoms with Crippen molar-refractivity contribution in [2.45, 2.75) is 25.5 Å². The zero-order valence-electron chi connectivity index (χ0n) is 14.3. The van der Waals surface area contributed by atoms with E-state index in [0.717, 1.165) is 11.1 Å². The Balaban J connectivity index is 2.23. The summed E-state index contributed by atoms with van der Waals surface area (Å²) < 4.78 is 6.13. The van der Waals surface area contributed by atoms with E-state index in [1.165, 1.54) is 0 Å². The summed E-state index contributed by atoms with van der Waals surface area (Å²) in [6.07, 6.45) is 1.77. The summed E-state index contributed by atoms with van der Waals surface area (Å²) in [5.74, 6) is 0.882. The van der Waals surface area contributed by atoms with Gasteiger partial charge in [-0.3, -0.25) is 4.90 Å². The quantitative estimate of drug-likeness (QED) is 0.787. The summed E-state index contributed by atoms with van der Waals surface area (Å²) in [5.41, 5.74) is 1.27. The number of hydrogen-bond acceptors (Lipinski definition) is 3. The first-order chi connectivity index (χ1) is 11.6. The lowest BCUT2D eigenvalue weighted by atomic mass is 9.76. The molecule has 1 amide bonds. The van der Waals surface area contributed by atoms with Gasteiger partial charge in [0, 0.05) is 11.1 Å². The fourth-order valence-electron chi connectivity index (χ4n) is 3.69. The van der Waals surface area contributed by atoms with E-state index in [-0.39, 0.29) is 18.1 Å². The van der Waals surface area contributed by atoms with Crippen LogP contribution >= 0.6 is 11.8 Å². The van der Waals surface area contributed by atoms with Gasteiger partial charge in [0.15, 0.2) is 5.60 Å². The Kier molecular flexibility index (Phi) is 4.86. The number of nitrogens with zero attached hydrogens (tertiary/aromatic N) is 1. The summed E-state index contributed by atoms with van der Waals surface area (Å²) in [6, 6.07) is 20.1. The Morgan fingerprint density at radius 1 is 1.04 bits per heavy atom. The summed E-state index contributed by atoms with van der Waals surface area (Å²) in [4.78, 5) is 14.6. The largest absolute Gasteiger partial charge is 0.431 e. The van der Waals surface area contributed by atoms with Crippen LogP contribution in [0.5, 0.6) is 0 Å². The number of hydrogen-bond donors (Lipinski definition) is 0. The van der Waals surface area contributed by atoms with Gasteiger partial charge in [-0.25, -0.2) is 4.79 Å². The average molecular weight is 341 g/mol. The van der Waals surface area contributed by atoms with Gasteiger partial charge in [0.25, 0.3) is 0 Å². The first-order valence-electron chi connectivity index (χ1n) is 8.21. The highest BCUT2D eigenvalue weighted by Gasteiger charge is 2.57. The third-order valence-electron chi connectivity index (χ3n) is 4.54. The smallest absolute Gasteiger partial charge is 0.412 e. The summed E-state index contributed by atoms with van der Waals surface area (Å²) in [7, 11) is 0. The Morgan fingerprint density at radius 2 is 1.54 bits per heavy atom. The minimum Gasteiger partial charge on any atom is -0.431 e. The van der Waals surface area contributed by atoms with E-state index in [1.54, 1.807) is 11.8 Å². The van der Waals surface area contributed by atoms with Crippen molar-refractivity contribution in [1.29, 1.82) is 0 Å². The summed E-state index contributed by atoms with van der Waals surface area (Å²) in [6.45, 7) is 4.31. The third kappa shape index (κ3) is 2.69. The van der Waals surface area contributed by atoms with Crippen LogP contribution in [-0.4, -0.2) is 29.2 Å². The predicted molar refractivity (Wildman–Crippen MR) is 99.0 cm³/mol. The molecule has 0 aromatic heterocycles. The fraction of sp³-hybridized carbons (Fsp3) is 0.350. The molecule has 0 radical (unpaired) electrons. The average Bonchev–Trinajstić information content (AvgIpc) is 2.91. The van der Waals surface area contributed by atoms with E-state index in [2.05, 4.69) is 38.1 Å². The van der Waals surface area contributed by atoms with Crippen LogP contribution in [0.2, 0.25) is 0 Å². The van der Waals surface area contributed by atoms with Crippen LogP contribution in [0.25, 0.3) is 0 Å². The minimum atomic E-state index is -0.774. The normalized spacial score (nSPS) is 19.6. The number of amides is 1. The summed E-state index contributed by atoms with van der Waals surface area (Å²) in [5, 5.41) is 0. The van der Waals surface area contributed by atoms with Crippen LogP contribution in [0.4, 0.5) is 4.79 Å². The van der Waals surface area contributed by atoms with Crippen molar-refractivity contribution >= 4 is 17.9 Å². The molecule has 3 nitrogen and oxygen atoms in total. The van der Waals surface area contributed by atoms with Crippen LogP contribution < -0.4 is 0 Å². The van der Waals surface area contributed by atoms with Crippen molar-refractivity contribution < 1.29 is 9.53 Å². The first-order valence-corrected chi connectivity index (χ1v) is 9.60. The van der Waals surface area contributed by atoms with Crippen LogP contribution in [0.15, 0.2) is 60.7 Å². The van der Waals surface area contributed by atoms with E-state index >= 15 is 0 Å². The molecule has 0 saturated carbocycles. The molecule has 1 saturated heterocycles. The number of carbonyl (C=O) groups is 1. The topological polar surface area (TPSA) is 29.5 Å². The second kappa shape index (κ2) is 6.89. The fourth-order valence-corrected chi connectivity index (χ4v) is 4.23. The van der Waals surface area contributed by atoms with Gasteiger partial charge in [-0.15, -0.1) is 11.8 Å². The molecule has 0 aliphatic carbocycles. The monoisotopic (exact) mass is 341 g/mol. The lowest BCUT2D eigenvalue weighted by Gasteiger charge is -2.38. The molecule has 0 N–H and O–H groups in total. The van der Waals surface area contributed by atoms with E-state index in [0.29, 0.717) is 5.88 Å². The Hall–Kier alpha value is -1.94. The van der Waals surface area contributed by atoms with Crippen molar-refractivity contribution in [2.24, 2.45) is 5.92 Å². The highest BCUT2D eigenvalue weighted by molar-refractivity contribution is 7.98. The third-order valence-corrected chi connectivity index (χ3v) is 5.08. The molecular formula is C20H23NO2S. The standard InChI is InChI=1S/C20H23NO2S/c1-15(2)18-20(16-10-6-4-7-11-16,17-12-8-5-9-13-17)23-19(22)21(18)14-24-3/h4-13,15,18H,14H2,1-3H3. The molecule has 2 aromatic carbocycles. The summed E-state index contributed by atoms with van der Waals surface area (Å²) >= 11 is 1.64. The Morgan fingerprint density at radius 3 is 1.96 bits per heavy atom. The highest BCUT2D eigenvalue weighted by Crippen LogP contribution is 2.47. The lowest BCUT2D eigenvalue weighted by molar-refractivity contribution is 0.0555. The molecule has 1 fully saturated rings. The van der Waals surface area contributed by atoms with Gasteiger partial charge in [0.2, 0.25) is 0 Å². The molecule has 24 heavy (non-hydrogen) atoms. The van der Waals surface area contributed by atoms with Crippen LogP contribution in [0, 0.1) is 5.92 Å². The van der Waals surface area contributed by atoms with Crippen LogP contribution in [-0.2, 0) is 10.3 Å². The molecule has 1 heterocycles. The molecule has 1 atom stereocenters. The maximum absolute atomic E-state index is 12.7. The molecule has 1 aliphatic heterocycles. The molecule has 1 unspecified atom stereocenters. The van der Waals surface area contributed by atoms with Crippen molar-refractivity contribution in [3.63, 3.8) is 0 Å². The zero-order chi connectivity index (χ0) is 17.2. The maximum Gasteiger partial charge on any atom is 0.412 e. The Bertz CT molecular complexity index is 648. The number of rotatable bonds is 5. The number of carbonyl (C=O) groups excluding carboxylic acids is 1. The number of ether oxygens (including phenoxy) is 1. The molecule has 2 aromatic rings. The number of benzene rings is 2. The van der Waals surface area contributed by atoms with Gasteiger partial charge in [0.1, 0.15) is 0 Å². The van der Waals surface area contributed by atoms with Crippen molar-refractivity contribution in [3.8, 4) is 0 Å². The zero-order valence-corrected chi connectivity index (χ0v) is 15.1. The lowest BCUT2D eigenvalue weighted by Crippen LogP contribution is -2.47. The highest BCUT2D eigenvalue weighted by atomic mass is 32.2. The van der Waals surface area contributed by atoms with Crippen molar-refractivity contribution in [3.05, 3.63) is 71.8 Å². The van der Waals surface area contributed by atoms with E-state index in [1.807, 2.05) is 47.6 Å². The van der Waals surface area contributed by atoms with Gasteiger partial charge in [0.05, 0.1) is 11.9 Å². The molecule has 0 spiro atoms. The maximum atomic E-state index is 12.7. The SMILES string of the molecule is CSCN1C(=O)OC(c2ccccc2)(c2ccccc2)C1C(C)C. The van der Waals surface area contributed by atoms with Gasteiger partial charge in [-0.05, 0) is 12.2 Å². The molecule has 1 aliphatic rings. The van der Waals surface area contributed by atoms with Gasteiger partial charge in [-0.1, -0.05) is 74.5 Å². The second-order valence-corrected chi connectivity index (χ2v) is 7.25. The molecule has 3 rings (SSSR count). The molecule has 4 heteroatoms. The van der Waals surface area contributed by atoms with Crippen LogP contribution in [0.3, 0.4) is 0 Å².